The third kappa shape index (κ3) is 3.94. The lowest BCUT2D eigenvalue weighted by Gasteiger charge is -2.31. The van der Waals surface area contributed by atoms with Crippen LogP contribution < -0.4 is 4.90 Å². The quantitative estimate of drug-likeness (QED) is 0.760. The third-order valence-electron chi connectivity index (χ3n) is 5.96. The van der Waals surface area contributed by atoms with Gasteiger partial charge in [0.05, 0.1) is 12.6 Å². The Morgan fingerprint density at radius 1 is 1.17 bits per heavy atom. The Bertz CT molecular complexity index is 958. The van der Waals surface area contributed by atoms with Gasteiger partial charge in [-0.2, -0.15) is 0 Å². The molecule has 7 heteroatoms. The fourth-order valence-electron chi connectivity index (χ4n) is 4.33. The maximum atomic E-state index is 12.8. The SMILES string of the molecule is COCC(=O)N1CCC[C@@H]1c1nc(C)c2c(n1)N(Cc1ccc(C)cc1)C(=O)CC2. The molecule has 2 aromatic rings. The van der Waals surface area contributed by atoms with E-state index in [-0.39, 0.29) is 24.5 Å². The van der Waals surface area contributed by atoms with Crippen molar-refractivity contribution in [2.75, 3.05) is 25.2 Å². The molecule has 30 heavy (non-hydrogen) atoms. The molecule has 0 unspecified atom stereocenters. The van der Waals surface area contributed by atoms with E-state index in [0.29, 0.717) is 37.6 Å². The first-order valence-electron chi connectivity index (χ1n) is 10.5. The van der Waals surface area contributed by atoms with Crippen molar-refractivity contribution in [3.8, 4) is 0 Å². The zero-order valence-electron chi connectivity index (χ0n) is 17.9. The number of benzene rings is 1. The largest absolute Gasteiger partial charge is 0.375 e. The Kier molecular flexibility index (Phi) is 5.81. The van der Waals surface area contributed by atoms with Gasteiger partial charge in [-0.25, -0.2) is 9.97 Å². The highest BCUT2D eigenvalue weighted by Crippen LogP contribution is 2.35. The zero-order chi connectivity index (χ0) is 21.3. The summed E-state index contributed by atoms with van der Waals surface area (Å²) in [5.74, 6) is 1.34. The summed E-state index contributed by atoms with van der Waals surface area (Å²) in [6, 6.07) is 8.04. The molecular formula is C23H28N4O3. The lowest BCUT2D eigenvalue weighted by Crippen LogP contribution is -2.38. The minimum absolute atomic E-state index is 0.0495. The van der Waals surface area contributed by atoms with Gasteiger partial charge in [-0.3, -0.25) is 14.5 Å². The third-order valence-corrected chi connectivity index (χ3v) is 5.96. The zero-order valence-corrected chi connectivity index (χ0v) is 17.9. The van der Waals surface area contributed by atoms with Crippen molar-refractivity contribution in [1.29, 1.82) is 0 Å². The molecule has 0 bridgehead atoms. The molecule has 0 saturated carbocycles. The van der Waals surface area contributed by atoms with Crippen LogP contribution in [-0.2, 0) is 27.3 Å². The standard InChI is InChI=1S/C23H28N4O3/c1-15-6-8-17(9-7-15)13-27-20(28)11-10-18-16(2)24-22(25-23(18)27)19-5-4-12-26(19)21(29)14-30-3/h6-9,19H,4-5,10-14H2,1-3H3/t19-/m1/s1. The molecule has 1 saturated heterocycles. The Morgan fingerprint density at radius 2 is 1.93 bits per heavy atom. The van der Waals surface area contributed by atoms with Gasteiger partial charge in [0.2, 0.25) is 11.8 Å². The van der Waals surface area contributed by atoms with Crippen LogP contribution in [0.15, 0.2) is 24.3 Å². The highest BCUT2D eigenvalue weighted by molar-refractivity contribution is 5.95. The summed E-state index contributed by atoms with van der Waals surface area (Å²) >= 11 is 0. The lowest BCUT2D eigenvalue weighted by atomic mass is 10.0. The van der Waals surface area contributed by atoms with E-state index >= 15 is 0 Å². The van der Waals surface area contributed by atoms with E-state index in [1.54, 1.807) is 9.80 Å². The highest BCUT2D eigenvalue weighted by Gasteiger charge is 2.35. The Labute approximate surface area is 177 Å². The number of hydrogen-bond donors (Lipinski definition) is 0. The first-order valence-corrected chi connectivity index (χ1v) is 10.5. The number of aromatic nitrogens is 2. The number of fused-ring (bicyclic) bond motifs is 1. The van der Waals surface area contributed by atoms with E-state index in [9.17, 15) is 9.59 Å². The van der Waals surface area contributed by atoms with Crippen LogP contribution in [0.4, 0.5) is 5.82 Å². The Morgan fingerprint density at radius 3 is 2.67 bits per heavy atom. The summed E-state index contributed by atoms with van der Waals surface area (Å²) in [7, 11) is 1.52. The molecule has 0 aliphatic carbocycles. The highest BCUT2D eigenvalue weighted by atomic mass is 16.5. The first kappa shape index (κ1) is 20.5. The van der Waals surface area contributed by atoms with Crippen LogP contribution in [0, 0.1) is 13.8 Å². The van der Waals surface area contributed by atoms with Crippen molar-refractivity contribution in [1.82, 2.24) is 14.9 Å². The van der Waals surface area contributed by atoms with E-state index in [4.69, 9.17) is 14.7 Å². The van der Waals surface area contributed by atoms with E-state index in [1.165, 1.54) is 12.7 Å². The lowest BCUT2D eigenvalue weighted by molar-refractivity contribution is -0.136. The molecule has 0 radical (unpaired) electrons. The average molecular weight is 409 g/mol. The van der Waals surface area contributed by atoms with Gasteiger partial charge >= 0.3 is 0 Å². The van der Waals surface area contributed by atoms with Crippen LogP contribution in [0.2, 0.25) is 0 Å². The molecule has 158 valence electrons. The number of aryl methyl sites for hydroxylation is 2. The molecule has 1 aromatic heterocycles. The van der Waals surface area contributed by atoms with Gasteiger partial charge < -0.3 is 9.64 Å². The van der Waals surface area contributed by atoms with Crippen molar-refractivity contribution >= 4 is 17.6 Å². The van der Waals surface area contributed by atoms with Crippen molar-refractivity contribution in [2.45, 2.75) is 52.1 Å². The Hall–Kier alpha value is -2.80. The number of rotatable bonds is 5. The number of anilines is 1. The number of carbonyl (C=O) groups excluding carboxylic acids is 2. The fourth-order valence-corrected chi connectivity index (χ4v) is 4.33. The summed E-state index contributed by atoms with van der Waals surface area (Å²) in [5, 5.41) is 0. The summed E-state index contributed by atoms with van der Waals surface area (Å²) in [6.45, 7) is 5.24. The van der Waals surface area contributed by atoms with Crippen molar-refractivity contribution in [3.05, 3.63) is 52.5 Å². The van der Waals surface area contributed by atoms with Crippen LogP contribution in [0.1, 0.15) is 53.5 Å². The molecule has 0 N–H and O–H groups in total. The number of carbonyl (C=O) groups is 2. The molecule has 2 aliphatic heterocycles. The van der Waals surface area contributed by atoms with Gasteiger partial charge in [0.1, 0.15) is 12.4 Å². The van der Waals surface area contributed by atoms with Crippen LogP contribution in [-0.4, -0.2) is 46.9 Å². The molecule has 3 heterocycles. The molecule has 2 amide bonds. The van der Waals surface area contributed by atoms with E-state index < -0.39 is 0 Å². The molecule has 1 fully saturated rings. The van der Waals surface area contributed by atoms with Crippen molar-refractivity contribution < 1.29 is 14.3 Å². The second-order valence-corrected chi connectivity index (χ2v) is 8.11. The number of amides is 2. The molecule has 7 nitrogen and oxygen atoms in total. The van der Waals surface area contributed by atoms with Crippen molar-refractivity contribution in [2.24, 2.45) is 0 Å². The van der Waals surface area contributed by atoms with Crippen LogP contribution in [0.5, 0.6) is 0 Å². The molecule has 0 spiro atoms. The monoisotopic (exact) mass is 408 g/mol. The minimum Gasteiger partial charge on any atom is -0.375 e. The topological polar surface area (TPSA) is 75.6 Å². The maximum Gasteiger partial charge on any atom is 0.249 e. The molecule has 2 aliphatic rings. The van der Waals surface area contributed by atoms with Gasteiger partial charge in [-0.1, -0.05) is 29.8 Å². The number of nitrogens with zero attached hydrogens (tertiary/aromatic N) is 4. The maximum absolute atomic E-state index is 12.8. The minimum atomic E-state index is -0.171. The average Bonchev–Trinajstić information content (AvgIpc) is 3.22. The number of methoxy groups -OCH3 is 1. The van der Waals surface area contributed by atoms with E-state index in [1.807, 2.05) is 26.0 Å². The predicted molar refractivity (Wildman–Crippen MR) is 113 cm³/mol. The van der Waals surface area contributed by atoms with Crippen LogP contribution in [0.25, 0.3) is 0 Å². The van der Waals surface area contributed by atoms with Crippen molar-refractivity contribution in [3.63, 3.8) is 0 Å². The van der Waals surface area contributed by atoms with Gasteiger partial charge in [-0.15, -0.1) is 0 Å². The number of hydrogen-bond acceptors (Lipinski definition) is 5. The second kappa shape index (κ2) is 8.52. The summed E-state index contributed by atoms with van der Waals surface area (Å²) in [6.07, 6.45) is 2.84. The molecular weight excluding hydrogens is 380 g/mol. The fraction of sp³-hybridized carbons (Fsp3) is 0.478. The predicted octanol–water partition coefficient (Wildman–Crippen LogP) is 2.88. The van der Waals surface area contributed by atoms with Gasteiger partial charge in [-0.05, 0) is 38.7 Å². The van der Waals surface area contributed by atoms with E-state index in [0.717, 1.165) is 29.7 Å². The number of ether oxygens (including phenoxy) is 1. The second-order valence-electron chi connectivity index (χ2n) is 8.11. The normalized spacial score (nSPS) is 18.6. The van der Waals surface area contributed by atoms with Gasteiger partial charge in [0, 0.05) is 31.3 Å². The smallest absolute Gasteiger partial charge is 0.249 e. The molecule has 4 rings (SSSR count). The van der Waals surface area contributed by atoms with E-state index in [2.05, 4.69) is 12.1 Å². The summed E-state index contributed by atoms with van der Waals surface area (Å²) < 4.78 is 5.04. The number of likely N-dealkylation sites (tertiary alicyclic amines) is 1. The summed E-state index contributed by atoms with van der Waals surface area (Å²) in [5.41, 5.74) is 4.17. The van der Waals surface area contributed by atoms with Gasteiger partial charge in [0.15, 0.2) is 5.82 Å². The summed E-state index contributed by atoms with van der Waals surface area (Å²) in [4.78, 5) is 38.5. The van der Waals surface area contributed by atoms with Gasteiger partial charge in [0.25, 0.3) is 0 Å². The first-order chi connectivity index (χ1) is 14.5. The molecule has 1 aromatic carbocycles. The van der Waals surface area contributed by atoms with Crippen LogP contribution >= 0.6 is 0 Å². The van der Waals surface area contributed by atoms with Crippen LogP contribution in [0.3, 0.4) is 0 Å². The molecule has 1 atom stereocenters. The Balaban J connectivity index is 1.69.